The number of esters is 1. The van der Waals surface area contributed by atoms with Crippen LogP contribution in [-0.4, -0.2) is 48.8 Å². The minimum atomic E-state index is -1.10. The number of unbranched alkanes of at least 4 members (excludes halogenated alkanes) is 4. The highest BCUT2D eigenvalue weighted by Crippen LogP contribution is 2.28. The molecule has 1 atom stereocenters. The maximum atomic E-state index is 12.7. The van der Waals surface area contributed by atoms with Gasteiger partial charge in [-0.05, 0) is 18.6 Å². The SMILES string of the molecule is CCCCCCCOC(=O)[C@@H](C#N)c1nc2ccccc2nc1N1CCOCC1. The molecule has 0 aliphatic carbocycles. The van der Waals surface area contributed by atoms with Crippen LogP contribution >= 0.6 is 0 Å². The van der Waals surface area contributed by atoms with E-state index in [1.165, 1.54) is 12.8 Å². The van der Waals surface area contributed by atoms with Crippen molar-refractivity contribution < 1.29 is 14.3 Å². The number of hydrogen-bond acceptors (Lipinski definition) is 7. The van der Waals surface area contributed by atoms with Gasteiger partial charge >= 0.3 is 5.97 Å². The molecule has 2 heterocycles. The van der Waals surface area contributed by atoms with Gasteiger partial charge in [-0.3, -0.25) is 4.79 Å². The quantitative estimate of drug-likeness (QED) is 0.473. The van der Waals surface area contributed by atoms with E-state index in [1.54, 1.807) is 0 Å². The second kappa shape index (κ2) is 10.7. The molecule has 0 amide bonds. The lowest BCUT2D eigenvalue weighted by atomic mass is 10.1. The van der Waals surface area contributed by atoms with Crippen LogP contribution in [0.1, 0.15) is 50.6 Å². The van der Waals surface area contributed by atoms with Gasteiger partial charge in [-0.25, -0.2) is 9.97 Å². The summed E-state index contributed by atoms with van der Waals surface area (Å²) < 4.78 is 10.8. The van der Waals surface area contributed by atoms with Crippen molar-refractivity contribution in [2.45, 2.75) is 44.9 Å². The Morgan fingerprint density at radius 2 is 1.86 bits per heavy atom. The second-order valence-electron chi connectivity index (χ2n) is 7.16. The fourth-order valence-corrected chi connectivity index (χ4v) is 3.39. The van der Waals surface area contributed by atoms with E-state index >= 15 is 0 Å². The van der Waals surface area contributed by atoms with Crippen LogP contribution in [0.3, 0.4) is 0 Å². The molecule has 7 nitrogen and oxygen atoms in total. The minimum absolute atomic E-state index is 0.328. The van der Waals surface area contributed by atoms with Crippen molar-refractivity contribution in [1.82, 2.24) is 9.97 Å². The van der Waals surface area contributed by atoms with Gasteiger partial charge in [-0.15, -0.1) is 0 Å². The van der Waals surface area contributed by atoms with E-state index in [1.807, 2.05) is 29.2 Å². The highest BCUT2D eigenvalue weighted by molar-refractivity contribution is 5.85. The smallest absolute Gasteiger partial charge is 0.329 e. The van der Waals surface area contributed by atoms with Gasteiger partial charge in [-0.1, -0.05) is 44.7 Å². The molecule has 7 heteroatoms. The van der Waals surface area contributed by atoms with E-state index in [-0.39, 0.29) is 0 Å². The summed E-state index contributed by atoms with van der Waals surface area (Å²) in [7, 11) is 0. The lowest BCUT2D eigenvalue weighted by molar-refractivity contribution is -0.144. The minimum Gasteiger partial charge on any atom is -0.464 e. The molecule has 1 aliphatic heterocycles. The van der Waals surface area contributed by atoms with Crippen molar-refractivity contribution in [2.75, 3.05) is 37.8 Å². The lowest BCUT2D eigenvalue weighted by Crippen LogP contribution is -2.38. The first-order valence-corrected chi connectivity index (χ1v) is 10.4. The molecule has 1 fully saturated rings. The summed E-state index contributed by atoms with van der Waals surface area (Å²) in [6.45, 7) is 4.93. The van der Waals surface area contributed by atoms with E-state index in [4.69, 9.17) is 14.5 Å². The van der Waals surface area contributed by atoms with E-state index in [0.29, 0.717) is 49.9 Å². The van der Waals surface area contributed by atoms with Crippen LogP contribution in [0.25, 0.3) is 11.0 Å². The van der Waals surface area contributed by atoms with Crippen LogP contribution in [-0.2, 0) is 14.3 Å². The van der Waals surface area contributed by atoms with Gasteiger partial charge in [0, 0.05) is 13.1 Å². The summed E-state index contributed by atoms with van der Waals surface area (Å²) in [5, 5.41) is 9.76. The number of ether oxygens (including phenoxy) is 2. The zero-order chi connectivity index (χ0) is 20.5. The number of hydrogen-bond donors (Lipinski definition) is 0. The van der Waals surface area contributed by atoms with E-state index in [0.717, 1.165) is 24.8 Å². The van der Waals surface area contributed by atoms with Crippen LogP contribution in [0.5, 0.6) is 0 Å². The summed E-state index contributed by atoms with van der Waals surface area (Å²) in [5.74, 6) is -1.08. The van der Waals surface area contributed by atoms with Crippen molar-refractivity contribution in [1.29, 1.82) is 5.26 Å². The standard InChI is InChI=1S/C22H28N4O3/c1-2-3-4-5-8-13-29-22(27)17(16-23)20-21(26-11-14-28-15-12-26)25-19-10-7-6-9-18(19)24-20/h6-7,9-10,17H,2-5,8,11-15H2,1H3/t17-/m0/s1. The maximum absolute atomic E-state index is 12.7. The van der Waals surface area contributed by atoms with E-state index in [2.05, 4.69) is 18.0 Å². The molecular weight excluding hydrogens is 368 g/mol. The van der Waals surface area contributed by atoms with Gasteiger partial charge in [-0.2, -0.15) is 5.26 Å². The summed E-state index contributed by atoms with van der Waals surface area (Å²) in [6.07, 6.45) is 5.31. The van der Waals surface area contributed by atoms with Gasteiger partial charge in [0.25, 0.3) is 0 Å². The van der Waals surface area contributed by atoms with Gasteiger partial charge in [0.2, 0.25) is 0 Å². The molecule has 154 valence electrons. The summed E-state index contributed by atoms with van der Waals surface area (Å²) >= 11 is 0. The normalized spacial score (nSPS) is 15.1. The zero-order valence-electron chi connectivity index (χ0n) is 17.0. The predicted octanol–water partition coefficient (Wildman–Crippen LogP) is 3.59. The molecule has 0 spiro atoms. The van der Waals surface area contributed by atoms with Crippen molar-refractivity contribution in [3.63, 3.8) is 0 Å². The van der Waals surface area contributed by atoms with Crippen LogP contribution in [0, 0.1) is 11.3 Å². The first-order chi connectivity index (χ1) is 14.2. The Kier molecular flexibility index (Phi) is 7.77. The number of carbonyl (C=O) groups excluding carboxylic acids is 1. The Hall–Kier alpha value is -2.72. The Balaban J connectivity index is 1.80. The number of morpholine rings is 1. The third-order valence-corrected chi connectivity index (χ3v) is 5.02. The monoisotopic (exact) mass is 396 g/mol. The van der Waals surface area contributed by atoms with Crippen molar-refractivity contribution in [3.8, 4) is 6.07 Å². The molecule has 1 aromatic carbocycles. The van der Waals surface area contributed by atoms with Crippen LogP contribution in [0.15, 0.2) is 24.3 Å². The molecule has 29 heavy (non-hydrogen) atoms. The molecule has 1 saturated heterocycles. The molecule has 0 N–H and O–H groups in total. The molecule has 1 aliphatic rings. The largest absolute Gasteiger partial charge is 0.464 e. The van der Waals surface area contributed by atoms with Crippen LogP contribution < -0.4 is 4.90 Å². The third-order valence-electron chi connectivity index (χ3n) is 5.02. The van der Waals surface area contributed by atoms with Gasteiger partial charge in [0.15, 0.2) is 11.7 Å². The molecule has 2 aromatic rings. The first kappa shape index (κ1) is 21.0. The molecule has 0 saturated carbocycles. The molecular formula is C22H28N4O3. The number of nitrogens with zero attached hydrogens (tertiary/aromatic N) is 4. The fraction of sp³-hybridized carbons (Fsp3) is 0.545. The van der Waals surface area contributed by atoms with Gasteiger partial charge in [0.05, 0.1) is 36.9 Å². The van der Waals surface area contributed by atoms with Crippen LogP contribution in [0.2, 0.25) is 0 Å². The highest BCUT2D eigenvalue weighted by Gasteiger charge is 2.30. The Labute approximate surface area is 171 Å². The van der Waals surface area contributed by atoms with Crippen molar-refractivity contribution in [2.24, 2.45) is 0 Å². The van der Waals surface area contributed by atoms with Gasteiger partial charge in [0.1, 0.15) is 5.69 Å². The Morgan fingerprint density at radius 3 is 2.55 bits per heavy atom. The molecule has 1 aromatic heterocycles. The summed E-state index contributed by atoms with van der Waals surface area (Å²) in [4.78, 5) is 24.1. The number of rotatable bonds is 9. The molecule has 0 bridgehead atoms. The molecule has 0 unspecified atom stereocenters. The van der Waals surface area contributed by atoms with E-state index < -0.39 is 11.9 Å². The topological polar surface area (TPSA) is 88.3 Å². The number of para-hydroxylation sites is 2. The van der Waals surface area contributed by atoms with Crippen molar-refractivity contribution >= 4 is 22.8 Å². The Bertz CT molecular complexity index is 859. The third kappa shape index (κ3) is 5.42. The molecule has 0 radical (unpaired) electrons. The average molecular weight is 396 g/mol. The average Bonchev–Trinajstić information content (AvgIpc) is 2.77. The fourth-order valence-electron chi connectivity index (χ4n) is 3.39. The first-order valence-electron chi connectivity index (χ1n) is 10.4. The van der Waals surface area contributed by atoms with Crippen LogP contribution in [0.4, 0.5) is 5.82 Å². The number of anilines is 1. The maximum Gasteiger partial charge on any atom is 0.329 e. The summed E-state index contributed by atoms with van der Waals surface area (Å²) in [5.41, 5.74) is 1.76. The van der Waals surface area contributed by atoms with Crippen molar-refractivity contribution in [3.05, 3.63) is 30.0 Å². The Morgan fingerprint density at radius 1 is 1.17 bits per heavy atom. The zero-order valence-corrected chi connectivity index (χ0v) is 17.0. The number of benzene rings is 1. The number of carbonyl (C=O) groups is 1. The number of aromatic nitrogens is 2. The number of fused-ring (bicyclic) bond motifs is 1. The lowest BCUT2D eigenvalue weighted by Gasteiger charge is -2.29. The van der Waals surface area contributed by atoms with Gasteiger partial charge < -0.3 is 14.4 Å². The second-order valence-corrected chi connectivity index (χ2v) is 7.16. The predicted molar refractivity (Wildman–Crippen MR) is 111 cm³/mol. The molecule has 3 rings (SSSR count). The highest BCUT2D eigenvalue weighted by atomic mass is 16.5. The number of nitriles is 1. The summed E-state index contributed by atoms with van der Waals surface area (Å²) in [6, 6.07) is 9.57. The van der Waals surface area contributed by atoms with E-state index in [9.17, 15) is 10.1 Å².